The summed E-state index contributed by atoms with van der Waals surface area (Å²) in [5.74, 6) is 0. The van der Waals surface area contributed by atoms with E-state index in [1.54, 1.807) is 19.0 Å². The summed E-state index contributed by atoms with van der Waals surface area (Å²) >= 11 is 0. The lowest BCUT2D eigenvalue weighted by Crippen LogP contribution is -2.61. The van der Waals surface area contributed by atoms with Crippen LogP contribution in [0.1, 0.15) is 13.8 Å². The molecular weight excluding hydrogens is 166 g/mol. The van der Waals surface area contributed by atoms with Crippen molar-refractivity contribution in [3.8, 4) is 0 Å². The van der Waals surface area contributed by atoms with Gasteiger partial charge in [0, 0.05) is 33.7 Å². The van der Waals surface area contributed by atoms with Crippen molar-refractivity contribution in [3.63, 3.8) is 0 Å². The van der Waals surface area contributed by atoms with Crippen LogP contribution in [0.25, 0.3) is 0 Å². The molecule has 0 aromatic rings. The molecule has 1 aliphatic rings. The molecule has 1 saturated heterocycles. The lowest BCUT2D eigenvalue weighted by atomic mass is 10.0. The molecule has 0 atom stereocenters. The van der Waals surface area contributed by atoms with Crippen molar-refractivity contribution >= 4 is 6.03 Å². The van der Waals surface area contributed by atoms with E-state index < -0.39 is 0 Å². The molecule has 1 fully saturated rings. The van der Waals surface area contributed by atoms with Gasteiger partial charge in [-0.3, -0.25) is 0 Å². The van der Waals surface area contributed by atoms with Crippen LogP contribution in [0.5, 0.6) is 0 Å². The van der Waals surface area contributed by atoms with Gasteiger partial charge in [-0.05, 0) is 13.8 Å². The number of amides is 2. The van der Waals surface area contributed by atoms with Gasteiger partial charge >= 0.3 is 6.03 Å². The maximum Gasteiger partial charge on any atom is 0.320 e. The van der Waals surface area contributed by atoms with E-state index in [4.69, 9.17) is 0 Å². The fraction of sp³-hybridized carbons (Fsp3) is 0.889. The van der Waals surface area contributed by atoms with Crippen LogP contribution in [0.4, 0.5) is 4.79 Å². The number of hydrogen-bond acceptors (Lipinski definition) is 2. The highest BCUT2D eigenvalue weighted by atomic mass is 16.2. The molecular formula is C9H19N3O. The Labute approximate surface area is 79.9 Å². The number of hydrogen-bond donors (Lipinski definition) is 1. The lowest BCUT2D eigenvalue weighted by molar-refractivity contribution is 0.0951. The van der Waals surface area contributed by atoms with Crippen LogP contribution in [0.15, 0.2) is 0 Å². The van der Waals surface area contributed by atoms with Gasteiger partial charge in [0.2, 0.25) is 0 Å². The number of nitrogens with zero attached hydrogens (tertiary/aromatic N) is 2. The fourth-order valence-electron chi connectivity index (χ4n) is 1.58. The van der Waals surface area contributed by atoms with Crippen molar-refractivity contribution in [2.75, 3.05) is 33.7 Å². The highest BCUT2D eigenvalue weighted by Crippen LogP contribution is 2.17. The predicted octanol–water partition coefficient (Wildman–Crippen LogP) is 0.352. The number of carbonyl (C=O) groups is 1. The summed E-state index contributed by atoms with van der Waals surface area (Å²) in [6.45, 7) is 6.72. The van der Waals surface area contributed by atoms with Crippen molar-refractivity contribution in [1.29, 1.82) is 0 Å². The molecule has 0 aromatic heterocycles. The Hall–Kier alpha value is -0.770. The van der Waals surface area contributed by atoms with Gasteiger partial charge in [0.25, 0.3) is 0 Å². The number of rotatable bonds is 0. The van der Waals surface area contributed by atoms with Gasteiger partial charge in [-0.15, -0.1) is 0 Å². The average Bonchev–Trinajstić information content (AvgIpc) is 2.02. The third-order valence-corrected chi connectivity index (χ3v) is 2.41. The first-order valence-corrected chi connectivity index (χ1v) is 4.65. The Morgan fingerprint density at radius 1 is 1.46 bits per heavy atom. The van der Waals surface area contributed by atoms with Crippen LogP contribution in [0, 0.1) is 0 Å². The normalized spacial score (nSPS) is 21.4. The molecule has 76 valence electrons. The summed E-state index contributed by atoms with van der Waals surface area (Å²) in [6.07, 6.45) is 0. The first kappa shape index (κ1) is 10.3. The molecule has 0 spiro atoms. The Kier molecular flexibility index (Phi) is 2.81. The van der Waals surface area contributed by atoms with Crippen LogP contribution >= 0.6 is 0 Å². The molecule has 4 nitrogen and oxygen atoms in total. The zero-order valence-electron chi connectivity index (χ0n) is 8.92. The summed E-state index contributed by atoms with van der Waals surface area (Å²) in [6, 6.07) is 0.103. The lowest BCUT2D eigenvalue weighted by Gasteiger charge is -2.43. The van der Waals surface area contributed by atoms with E-state index in [0.717, 1.165) is 19.6 Å². The van der Waals surface area contributed by atoms with Gasteiger partial charge < -0.3 is 15.1 Å². The molecule has 4 heteroatoms. The van der Waals surface area contributed by atoms with Gasteiger partial charge in [-0.25, -0.2) is 4.79 Å². The third kappa shape index (κ3) is 2.12. The van der Waals surface area contributed by atoms with Crippen LogP contribution in [0.2, 0.25) is 0 Å². The maximum absolute atomic E-state index is 11.7. The molecule has 1 rings (SSSR count). The number of urea groups is 1. The minimum absolute atomic E-state index is 0.0698. The second-order valence-electron chi connectivity index (χ2n) is 4.32. The SMILES string of the molecule is CN(C)C(=O)N1CCNCC1(C)C. The van der Waals surface area contributed by atoms with Crippen molar-refractivity contribution in [2.45, 2.75) is 19.4 Å². The Morgan fingerprint density at radius 3 is 2.54 bits per heavy atom. The van der Waals surface area contributed by atoms with E-state index in [2.05, 4.69) is 19.2 Å². The smallest absolute Gasteiger partial charge is 0.320 e. The molecule has 0 aromatic carbocycles. The predicted molar refractivity (Wildman–Crippen MR) is 52.7 cm³/mol. The van der Waals surface area contributed by atoms with Crippen LogP contribution < -0.4 is 5.32 Å². The minimum Gasteiger partial charge on any atom is -0.331 e. The molecule has 0 aliphatic carbocycles. The van der Waals surface area contributed by atoms with Gasteiger partial charge in [0.05, 0.1) is 5.54 Å². The molecule has 0 saturated carbocycles. The summed E-state index contributed by atoms with van der Waals surface area (Å²) in [5.41, 5.74) is -0.0698. The Bertz CT molecular complexity index is 201. The van der Waals surface area contributed by atoms with Crippen molar-refractivity contribution in [2.24, 2.45) is 0 Å². The largest absolute Gasteiger partial charge is 0.331 e. The first-order chi connectivity index (χ1) is 5.95. The summed E-state index contributed by atoms with van der Waals surface area (Å²) < 4.78 is 0. The van der Waals surface area contributed by atoms with E-state index in [9.17, 15) is 4.79 Å². The van der Waals surface area contributed by atoms with E-state index >= 15 is 0 Å². The van der Waals surface area contributed by atoms with E-state index in [0.29, 0.717) is 0 Å². The number of piperazine rings is 1. The molecule has 2 amide bonds. The topological polar surface area (TPSA) is 35.6 Å². The minimum atomic E-state index is -0.0698. The fourth-order valence-corrected chi connectivity index (χ4v) is 1.58. The molecule has 0 unspecified atom stereocenters. The summed E-state index contributed by atoms with van der Waals surface area (Å²) in [5, 5.41) is 3.29. The standard InChI is InChI=1S/C9H19N3O/c1-9(2)7-10-5-6-12(9)8(13)11(3)4/h10H,5-7H2,1-4H3. The van der Waals surface area contributed by atoms with Crippen LogP contribution in [-0.4, -0.2) is 55.1 Å². The quantitative estimate of drug-likeness (QED) is 0.591. The van der Waals surface area contributed by atoms with E-state index in [1.165, 1.54) is 0 Å². The molecule has 1 heterocycles. The van der Waals surface area contributed by atoms with Crippen molar-refractivity contribution in [3.05, 3.63) is 0 Å². The van der Waals surface area contributed by atoms with Gasteiger partial charge in [0.1, 0.15) is 0 Å². The molecule has 0 bridgehead atoms. The molecule has 1 aliphatic heterocycles. The van der Waals surface area contributed by atoms with E-state index in [1.807, 2.05) is 4.90 Å². The monoisotopic (exact) mass is 185 g/mol. The highest BCUT2D eigenvalue weighted by molar-refractivity contribution is 5.74. The zero-order chi connectivity index (χ0) is 10.1. The second kappa shape index (κ2) is 3.54. The number of carbonyl (C=O) groups excluding carboxylic acids is 1. The molecule has 13 heavy (non-hydrogen) atoms. The van der Waals surface area contributed by atoms with Gasteiger partial charge in [-0.2, -0.15) is 0 Å². The number of nitrogens with one attached hydrogen (secondary N) is 1. The summed E-state index contributed by atoms with van der Waals surface area (Å²) in [7, 11) is 3.58. The first-order valence-electron chi connectivity index (χ1n) is 4.65. The summed E-state index contributed by atoms with van der Waals surface area (Å²) in [4.78, 5) is 15.3. The van der Waals surface area contributed by atoms with Gasteiger partial charge in [-0.1, -0.05) is 0 Å². The second-order valence-corrected chi connectivity index (χ2v) is 4.32. The average molecular weight is 185 g/mol. The Morgan fingerprint density at radius 2 is 2.08 bits per heavy atom. The molecule has 1 N–H and O–H groups in total. The maximum atomic E-state index is 11.7. The van der Waals surface area contributed by atoms with E-state index in [-0.39, 0.29) is 11.6 Å². The van der Waals surface area contributed by atoms with Crippen LogP contribution in [0.3, 0.4) is 0 Å². The Balaban J connectivity index is 2.71. The van der Waals surface area contributed by atoms with Crippen LogP contribution in [-0.2, 0) is 0 Å². The van der Waals surface area contributed by atoms with Crippen molar-refractivity contribution in [1.82, 2.24) is 15.1 Å². The van der Waals surface area contributed by atoms with Crippen molar-refractivity contribution < 1.29 is 4.79 Å². The van der Waals surface area contributed by atoms with Gasteiger partial charge in [0.15, 0.2) is 0 Å². The zero-order valence-corrected chi connectivity index (χ0v) is 8.92. The molecule has 0 radical (unpaired) electrons. The highest BCUT2D eigenvalue weighted by Gasteiger charge is 2.33. The third-order valence-electron chi connectivity index (χ3n) is 2.41.